The SMILES string of the molecule is C=CO[SiH](C)C.C[Si](C)(C)O[Si](C)(C)O[Si](O[Si](O[SiH3])(O[SiH3])O[SiH3])(O[Si](O[SiH3])(O[SiH3])O[SiH3])O[Si](O[SiH3])(O[SiH2]O[SiH3])O[Si](O[SiH3])(O[SiH3])O[SiH3]. The number of rotatable bonds is 27. The van der Waals surface area contributed by atoms with E-state index in [9.17, 15) is 0 Å². The molecule has 0 radical (unpaired) electrons. The Hall–Kier alpha value is 3.16. The van der Waals surface area contributed by atoms with Gasteiger partial charge in [-0.25, -0.2) is 0 Å². The highest BCUT2D eigenvalue weighted by Crippen LogP contribution is 2.33. The summed E-state index contributed by atoms with van der Waals surface area (Å²) in [4.78, 5) is 0. The van der Waals surface area contributed by atoms with E-state index >= 15 is 0 Å². The number of hydrogen-bond acceptors (Lipinski definition) is 19. The summed E-state index contributed by atoms with van der Waals surface area (Å²) < 4.78 is 115. The highest BCUT2D eigenvalue weighted by Gasteiger charge is 2.71. The van der Waals surface area contributed by atoms with E-state index in [0.717, 1.165) is 0 Å². The van der Waals surface area contributed by atoms with Gasteiger partial charge >= 0.3 is 53.8 Å². The molecular weight excluding hydrogens is 974 g/mol. The molecule has 0 spiro atoms. The molecule has 0 bridgehead atoms. The monoisotopic (exact) mass is 1030 g/mol. The fourth-order valence-corrected chi connectivity index (χ4v) is 58.0. The first-order valence-electron chi connectivity index (χ1n) is 14.3. The predicted octanol–water partition coefficient (Wildman–Crippen LogP) is -13.8. The van der Waals surface area contributed by atoms with Gasteiger partial charge in [0.15, 0.2) is 8.32 Å². The Morgan fingerprint density at radius 2 is 0.792 bits per heavy atom. The Morgan fingerprint density at radius 3 is 1.02 bits per heavy atom. The molecular formula is C9H60O19Si20. The average Bonchev–Trinajstić information content (AvgIpc) is 3.03. The third kappa shape index (κ3) is 19.1. The van der Waals surface area contributed by atoms with Crippen LogP contribution in [0.2, 0.25) is 45.8 Å². The second kappa shape index (κ2) is 25.3. The summed E-state index contributed by atoms with van der Waals surface area (Å²) in [6.45, 7) is 17.5. The van der Waals surface area contributed by atoms with E-state index in [2.05, 4.69) is 19.7 Å². The van der Waals surface area contributed by atoms with Crippen LogP contribution in [0.5, 0.6) is 0 Å². The van der Waals surface area contributed by atoms with Crippen molar-refractivity contribution in [2.45, 2.75) is 45.8 Å². The van der Waals surface area contributed by atoms with Crippen LogP contribution in [0.1, 0.15) is 0 Å². The van der Waals surface area contributed by atoms with Crippen molar-refractivity contribution in [2.75, 3.05) is 0 Å². The summed E-state index contributed by atoms with van der Waals surface area (Å²) in [5.74, 6) is 0. The lowest BCUT2D eigenvalue weighted by Gasteiger charge is -2.45. The maximum atomic E-state index is 6.79. The van der Waals surface area contributed by atoms with E-state index in [1.807, 2.05) is 32.7 Å². The Balaban J connectivity index is 0. The Labute approximate surface area is 331 Å². The zero-order valence-corrected chi connectivity index (χ0v) is 63.4. The fourth-order valence-electron chi connectivity index (χ4n) is 3.47. The summed E-state index contributed by atoms with van der Waals surface area (Å²) >= 11 is 0. The lowest BCUT2D eigenvalue weighted by atomic mass is 11.2. The van der Waals surface area contributed by atoms with E-state index < -0.39 is 81.2 Å². The van der Waals surface area contributed by atoms with Crippen LogP contribution < -0.4 is 0 Å². The zero-order valence-electron chi connectivity index (χ0n) is 31.8. The molecule has 1 unspecified atom stereocenters. The summed E-state index contributed by atoms with van der Waals surface area (Å²) in [6, 6.07) is 0. The molecule has 0 fully saturated rings. The first kappa shape index (κ1) is 53.3. The van der Waals surface area contributed by atoms with Gasteiger partial charge in [-0.2, -0.15) is 0 Å². The summed E-state index contributed by atoms with van der Waals surface area (Å²) in [7, 11) is -25.6. The molecule has 0 aliphatic carbocycles. The van der Waals surface area contributed by atoms with Crippen LogP contribution in [0.25, 0.3) is 0 Å². The van der Waals surface area contributed by atoms with Crippen molar-refractivity contribution in [3.63, 3.8) is 0 Å². The van der Waals surface area contributed by atoms with Crippen molar-refractivity contribution in [1.29, 1.82) is 0 Å². The molecule has 290 valence electrons. The van der Waals surface area contributed by atoms with Crippen molar-refractivity contribution >= 4 is 197 Å². The minimum Gasteiger partial charge on any atom is -0.553 e. The topological polar surface area (TPSA) is 175 Å². The van der Waals surface area contributed by atoms with Gasteiger partial charge in [0.25, 0.3) is 10.0 Å². The molecule has 19 nitrogen and oxygen atoms in total. The molecule has 0 amide bonds. The van der Waals surface area contributed by atoms with Crippen LogP contribution in [0, 0.1) is 0 Å². The molecule has 39 heteroatoms. The highest BCUT2D eigenvalue weighted by atomic mass is 28.6. The van der Waals surface area contributed by atoms with E-state index in [-0.39, 0.29) is 105 Å². The van der Waals surface area contributed by atoms with Crippen molar-refractivity contribution in [1.82, 2.24) is 0 Å². The van der Waals surface area contributed by atoms with Crippen LogP contribution in [0.4, 0.5) is 0 Å². The summed E-state index contributed by atoms with van der Waals surface area (Å²) in [5.41, 5.74) is 0. The quantitative estimate of drug-likeness (QED) is 0.0560. The zero-order chi connectivity index (χ0) is 37.9. The molecule has 0 aromatic rings. The van der Waals surface area contributed by atoms with Gasteiger partial charge in [-0.05, 0) is 45.8 Å². The molecule has 0 heterocycles. The Morgan fingerprint density at radius 1 is 0.479 bits per heavy atom. The lowest BCUT2D eigenvalue weighted by molar-refractivity contribution is 0.00136. The van der Waals surface area contributed by atoms with Gasteiger partial charge < -0.3 is 78.5 Å². The molecule has 0 saturated carbocycles. The van der Waals surface area contributed by atoms with Gasteiger partial charge in [0.1, 0.15) is 115 Å². The Bertz CT molecular complexity index is 816. The summed E-state index contributed by atoms with van der Waals surface area (Å²) in [6.07, 6.45) is 1.51. The van der Waals surface area contributed by atoms with Gasteiger partial charge in [-0.1, -0.05) is 6.58 Å². The molecule has 0 aromatic carbocycles. The maximum Gasteiger partial charge on any atom is 0.653 e. The van der Waals surface area contributed by atoms with Crippen LogP contribution in [-0.2, 0) is 78.5 Å². The van der Waals surface area contributed by atoms with Crippen LogP contribution in [0.3, 0.4) is 0 Å². The second-order valence-electron chi connectivity index (χ2n) is 10.6. The maximum absolute atomic E-state index is 6.79. The van der Waals surface area contributed by atoms with Gasteiger partial charge in [-0.3, -0.25) is 0 Å². The highest BCUT2D eigenvalue weighted by molar-refractivity contribution is 6.90. The molecule has 0 aromatic heterocycles. The van der Waals surface area contributed by atoms with Crippen molar-refractivity contribution in [3.8, 4) is 0 Å². The molecule has 0 aliphatic heterocycles. The minimum absolute atomic E-state index is 0.105. The minimum atomic E-state index is -4.73. The van der Waals surface area contributed by atoms with Gasteiger partial charge in [-0.15, -0.1) is 0 Å². The van der Waals surface area contributed by atoms with Gasteiger partial charge in [0, 0.05) is 0 Å². The van der Waals surface area contributed by atoms with Gasteiger partial charge in [0.05, 0.1) is 6.26 Å². The predicted molar refractivity (Wildman–Crippen MR) is 237 cm³/mol. The molecule has 48 heavy (non-hydrogen) atoms. The van der Waals surface area contributed by atoms with Crippen LogP contribution >= 0.6 is 0 Å². The normalized spacial score (nSPS) is 19.8. The molecule has 1 atom stereocenters. The average molecular weight is 1030 g/mol. The van der Waals surface area contributed by atoms with Crippen LogP contribution in [-0.4, -0.2) is 197 Å². The van der Waals surface area contributed by atoms with Gasteiger partial charge in [0.2, 0.25) is 9.04 Å². The molecule has 0 aliphatic rings. The van der Waals surface area contributed by atoms with Crippen molar-refractivity contribution in [2.24, 2.45) is 0 Å². The second-order valence-corrected chi connectivity index (χ2v) is 49.9. The third-order valence-electron chi connectivity index (χ3n) is 5.14. The van der Waals surface area contributed by atoms with E-state index in [4.69, 9.17) is 78.5 Å². The van der Waals surface area contributed by atoms with Crippen LogP contribution in [0.15, 0.2) is 12.8 Å². The molecule has 0 saturated heterocycles. The standard InChI is InChI=1S/C5H50O18Si19.C4H10OSi/c1-36(2,3)18-37(4,5)19-42(21-39(10-28,11-29)12-30,22-40(13-31,14-32)15-33)23-41(16-34,17-35-6-24)20-38(7-25,8-26)9-27;1-4-5-6(2)3/h35H2,1-5,24-34H3;4,6H,1H2,2-3H3. The molecule has 0 N–H and O–H groups in total. The van der Waals surface area contributed by atoms with E-state index in [1.165, 1.54) is 6.26 Å². The number of hydrogen-bond donors (Lipinski definition) is 0. The van der Waals surface area contributed by atoms with Crippen molar-refractivity contribution < 1.29 is 78.5 Å². The Kier molecular flexibility index (Phi) is 28.1. The first-order valence-corrected chi connectivity index (χ1v) is 41.6. The summed E-state index contributed by atoms with van der Waals surface area (Å²) in [5, 5.41) is 0. The van der Waals surface area contributed by atoms with Crippen molar-refractivity contribution in [3.05, 3.63) is 12.8 Å². The van der Waals surface area contributed by atoms with E-state index in [0.29, 0.717) is 10.5 Å². The fraction of sp³-hybridized carbons (Fsp3) is 0.778. The van der Waals surface area contributed by atoms with E-state index in [1.54, 1.807) is 0 Å². The lowest BCUT2D eigenvalue weighted by Crippen LogP contribution is -2.74. The third-order valence-corrected chi connectivity index (χ3v) is 44.1. The first-order chi connectivity index (χ1) is 22.2. The smallest absolute Gasteiger partial charge is 0.553 e. The largest absolute Gasteiger partial charge is 0.653 e. The molecule has 0 rings (SSSR count).